The maximum absolute atomic E-state index is 12.5. The monoisotopic (exact) mass is 288 g/mol. The van der Waals surface area contributed by atoms with Gasteiger partial charge in [-0.05, 0) is 30.9 Å². The van der Waals surface area contributed by atoms with Crippen LogP contribution in [-0.4, -0.2) is 15.6 Å². The van der Waals surface area contributed by atoms with E-state index in [1.54, 1.807) is 4.68 Å². The zero-order valence-electron chi connectivity index (χ0n) is 11.7. The molecule has 0 saturated heterocycles. The minimum absolute atomic E-state index is 0.0821. The number of Topliss-reactive ketones (excluding diaryl/α,β-unsaturated/α-hetero) is 1. The lowest BCUT2D eigenvalue weighted by Crippen LogP contribution is -2.18. The van der Waals surface area contributed by atoms with Crippen LogP contribution >= 0.6 is 11.6 Å². The molecule has 0 saturated carbocycles. The Hall–Kier alpha value is -1.61. The molecule has 0 aliphatic heterocycles. The molecule has 20 heavy (non-hydrogen) atoms. The first-order valence-electron chi connectivity index (χ1n) is 6.83. The lowest BCUT2D eigenvalue weighted by Gasteiger charge is -2.08. The van der Waals surface area contributed by atoms with Crippen LogP contribution in [0.3, 0.4) is 0 Å². The predicted octanol–water partition coefficient (Wildman–Crippen LogP) is 2.91. The SMILES string of the molecule is Cc1nn(C)c(CC(=O)C2Cc3ccccc3C2)c1Cl. The number of aryl methyl sites for hydroxylation is 2. The standard InChI is InChI=1S/C16H17ClN2O/c1-10-16(17)14(19(2)18-10)9-15(20)13-7-11-5-3-4-6-12(11)8-13/h3-6,13H,7-9H2,1-2H3. The molecule has 1 aliphatic carbocycles. The van der Waals surface area contributed by atoms with Gasteiger partial charge in [-0.2, -0.15) is 5.10 Å². The Kier molecular flexibility index (Phi) is 3.38. The zero-order chi connectivity index (χ0) is 14.3. The molecule has 1 heterocycles. The van der Waals surface area contributed by atoms with E-state index in [2.05, 4.69) is 17.2 Å². The highest BCUT2D eigenvalue weighted by Crippen LogP contribution is 2.29. The topological polar surface area (TPSA) is 34.9 Å². The van der Waals surface area contributed by atoms with Crippen molar-refractivity contribution in [1.82, 2.24) is 9.78 Å². The molecule has 3 rings (SSSR count). The fourth-order valence-corrected chi connectivity index (χ4v) is 3.19. The summed E-state index contributed by atoms with van der Waals surface area (Å²) in [6.07, 6.45) is 2.07. The van der Waals surface area contributed by atoms with Gasteiger partial charge in [-0.25, -0.2) is 0 Å². The summed E-state index contributed by atoms with van der Waals surface area (Å²) in [5, 5.41) is 4.88. The first-order chi connectivity index (χ1) is 9.56. The van der Waals surface area contributed by atoms with Gasteiger partial charge in [-0.3, -0.25) is 9.48 Å². The number of fused-ring (bicyclic) bond motifs is 1. The summed E-state index contributed by atoms with van der Waals surface area (Å²) in [6.45, 7) is 1.86. The molecule has 4 heteroatoms. The van der Waals surface area contributed by atoms with Crippen molar-refractivity contribution in [3.63, 3.8) is 0 Å². The summed E-state index contributed by atoms with van der Waals surface area (Å²) in [6, 6.07) is 8.30. The van der Waals surface area contributed by atoms with Gasteiger partial charge in [0.05, 0.1) is 22.8 Å². The van der Waals surface area contributed by atoms with E-state index >= 15 is 0 Å². The smallest absolute Gasteiger partial charge is 0.142 e. The van der Waals surface area contributed by atoms with E-state index in [0.29, 0.717) is 11.4 Å². The molecule has 0 unspecified atom stereocenters. The van der Waals surface area contributed by atoms with Crippen molar-refractivity contribution in [1.29, 1.82) is 0 Å². The molecule has 104 valence electrons. The van der Waals surface area contributed by atoms with Gasteiger partial charge >= 0.3 is 0 Å². The van der Waals surface area contributed by atoms with Gasteiger partial charge in [-0.15, -0.1) is 0 Å². The number of nitrogens with zero attached hydrogens (tertiary/aromatic N) is 2. The Labute approximate surface area is 123 Å². The molecule has 1 aromatic carbocycles. The summed E-state index contributed by atoms with van der Waals surface area (Å²) in [5.74, 6) is 0.338. The fourth-order valence-electron chi connectivity index (χ4n) is 2.97. The zero-order valence-corrected chi connectivity index (χ0v) is 12.4. The molecule has 2 aromatic rings. The second kappa shape index (κ2) is 5.06. The van der Waals surface area contributed by atoms with Gasteiger partial charge in [0.1, 0.15) is 5.78 Å². The van der Waals surface area contributed by atoms with E-state index in [4.69, 9.17) is 11.6 Å². The van der Waals surface area contributed by atoms with Crippen molar-refractivity contribution in [3.8, 4) is 0 Å². The summed E-state index contributed by atoms with van der Waals surface area (Å²) in [7, 11) is 1.84. The van der Waals surface area contributed by atoms with Crippen LogP contribution in [0.2, 0.25) is 5.02 Å². The van der Waals surface area contributed by atoms with E-state index in [0.717, 1.165) is 24.2 Å². The molecule has 0 bridgehead atoms. The number of carbonyl (C=O) groups excluding carboxylic acids is 1. The minimum atomic E-state index is 0.0821. The summed E-state index contributed by atoms with van der Waals surface area (Å²) >= 11 is 6.22. The largest absolute Gasteiger partial charge is 0.299 e. The highest BCUT2D eigenvalue weighted by Gasteiger charge is 2.28. The number of halogens is 1. The van der Waals surface area contributed by atoms with Crippen molar-refractivity contribution in [2.45, 2.75) is 26.2 Å². The lowest BCUT2D eigenvalue weighted by molar-refractivity contribution is -0.122. The third-order valence-electron chi connectivity index (χ3n) is 4.11. The second-order valence-electron chi connectivity index (χ2n) is 5.49. The first-order valence-corrected chi connectivity index (χ1v) is 7.21. The van der Waals surface area contributed by atoms with Crippen molar-refractivity contribution in [3.05, 3.63) is 51.8 Å². The van der Waals surface area contributed by atoms with Crippen LogP contribution in [0, 0.1) is 12.8 Å². The molecule has 1 aromatic heterocycles. The third-order valence-corrected chi connectivity index (χ3v) is 4.60. The van der Waals surface area contributed by atoms with Crippen molar-refractivity contribution < 1.29 is 4.79 Å². The van der Waals surface area contributed by atoms with E-state index in [9.17, 15) is 4.79 Å². The molecule has 0 spiro atoms. The van der Waals surface area contributed by atoms with Gasteiger partial charge in [0, 0.05) is 13.0 Å². The summed E-state index contributed by atoms with van der Waals surface area (Å²) in [4.78, 5) is 12.5. The number of carbonyl (C=O) groups is 1. The van der Waals surface area contributed by atoms with Crippen LogP contribution < -0.4 is 0 Å². The van der Waals surface area contributed by atoms with E-state index in [-0.39, 0.29) is 11.7 Å². The molecular weight excluding hydrogens is 272 g/mol. The van der Waals surface area contributed by atoms with Gasteiger partial charge < -0.3 is 0 Å². The van der Waals surface area contributed by atoms with Crippen LogP contribution in [-0.2, 0) is 31.1 Å². The predicted molar refractivity (Wildman–Crippen MR) is 79.0 cm³/mol. The van der Waals surface area contributed by atoms with E-state index in [1.807, 2.05) is 26.1 Å². The fraction of sp³-hybridized carbons (Fsp3) is 0.375. The van der Waals surface area contributed by atoms with Gasteiger partial charge in [0.2, 0.25) is 0 Å². The van der Waals surface area contributed by atoms with Crippen LogP contribution in [0.4, 0.5) is 0 Å². The Bertz CT molecular complexity index is 650. The van der Waals surface area contributed by atoms with Crippen LogP contribution in [0.1, 0.15) is 22.5 Å². The van der Waals surface area contributed by atoms with E-state index < -0.39 is 0 Å². The average molecular weight is 289 g/mol. The maximum atomic E-state index is 12.5. The van der Waals surface area contributed by atoms with Gasteiger partial charge in [0.25, 0.3) is 0 Å². The van der Waals surface area contributed by atoms with Crippen LogP contribution in [0.25, 0.3) is 0 Å². The summed E-state index contributed by atoms with van der Waals surface area (Å²) in [5.41, 5.74) is 4.22. The maximum Gasteiger partial charge on any atom is 0.142 e. The number of ketones is 1. The quantitative estimate of drug-likeness (QED) is 0.870. The molecule has 0 amide bonds. The minimum Gasteiger partial charge on any atom is -0.299 e. The molecule has 0 atom stereocenters. The van der Waals surface area contributed by atoms with Crippen LogP contribution in [0.15, 0.2) is 24.3 Å². The highest BCUT2D eigenvalue weighted by molar-refractivity contribution is 6.32. The number of benzene rings is 1. The molecule has 3 nitrogen and oxygen atoms in total. The van der Waals surface area contributed by atoms with E-state index in [1.165, 1.54) is 11.1 Å². The highest BCUT2D eigenvalue weighted by atomic mass is 35.5. The van der Waals surface area contributed by atoms with Gasteiger partial charge in [0.15, 0.2) is 0 Å². The number of aromatic nitrogens is 2. The molecule has 0 fully saturated rings. The number of hydrogen-bond acceptors (Lipinski definition) is 2. The van der Waals surface area contributed by atoms with Crippen molar-refractivity contribution in [2.24, 2.45) is 13.0 Å². The van der Waals surface area contributed by atoms with Crippen molar-refractivity contribution in [2.75, 3.05) is 0 Å². The molecule has 0 radical (unpaired) electrons. The molecule has 1 aliphatic rings. The first kappa shape index (κ1) is 13.4. The van der Waals surface area contributed by atoms with Gasteiger partial charge in [-0.1, -0.05) is 35.9 Å². The number of rotatable bonds is 3. The Morgan fingerprint density at radius 2 is 1.95 bits per heavy atom. The third kappa shape index (κ3) is 2.27. The Balaban J connectivity index is 1.76. The average Bonchev–Trinajstić information content (AvgIpc) is 2.95. The second-order valence-corrected chi connectivity index (χ2v) is 5.86. The normalized spacial score (nSPS) is 14.6. The lowest BCUT2D eigenvalue weighted by atomic mass is 9.97. The summed E-state index contributed by atoms with van der Waals surface area (Å²) < 4.78 is 1.72. The van der Waals surface area contributed by atoms with Crippen LogP contribution in [0.5, 0.6) is 0 Å². The Morgan fingerprint density at radius 1 is 1.35 bits per heavy atom. The van der Waals surface area contributed by atoms with Crippen molar-refractivity contribution >= 4 is 17.4 Å². The Morgan fingerprint density at radius 3 is 2.45 bits per heavy atom. The molecule has 0 N–H and O–H groups in total. The molecular formula is C16H17ClN2O. The number of hydrogen-bond donors (Lipinski definition) is 0.